The number of rotatable bonds is 2. The van der Waals surface area contributed by atoms with Crippen molar-refractivity contribution in [3.8, 4) is 0 Å². The lowest BCUT2D eigenvalue weighted by molar-refractivity contribution is 0.663. The van der Waals surface area contributed by atoms with Gasteiger partial charge in [0.25, 0.3) is 0 Å². The summed E-state index contributed by atoms with van der Waals surface area (Å²) in [6, 6.07) is 0. The summed E-state index contributed by atoms with van der Waals surface area (Å²) in [6.45, 7) is 3.49. The van der Waals surface area contributed by atoms with Crippen LogP contribution in [0.4, 0.5) is 0 Å². The molecule has 0 aromatic carbocycles. The summed E-state index contributed by atoms with van der Waals surface area (Å²) in [7, 11) is 0. The maximum Gasteiger partial charge on any atom is 0.0963 e. The van der Waals surface area contributed by atoms with Crippen LogP contribution in [0, 0.1) is 6.92 Å². The van der Waals surface area contributed by atoms with E-state index in [1.807, 2.05) is 0 Å². The molecule has 0 fully saturated rings. The first kappa shape index (κ1) is 5.18. The maximum atomic E-state index is 7.94. The van der Waals surface area contributed by atoms with Gasteiger partial charge >= 0.3 is 0 Å². The average molecular weight is 91.2 g/mol. The highest BCUT2D eigenvalue weighted by Crippen LogP contribution is 1.90. The Kier molecular flexibility index (Phi) is 4.33. The third-order valence-electron chi connectivity index (χ3n) is 0.236. The van der Waals surface area contributed by atoms with Crippen molar-refractivity contribution in [2.45, 2.75) is 6.42 Å². The van der Waals surface area contributed by atoms with Crippen molar-refractivity contribution in [2.24, 2.45) is 0 Å². The highest BCUT2D eigenvalue weighted by Gasteiger charge is 1.76. The highest BCUT2D eigenvalue weighted by atomic mass is 32.2. The van der Waals surface area contributed by atoms with E-state index < -0.39 is 0 Å². The zero-order valence-electron chi connectivity index (χ0n) is 2.98. The van der Waals surface area contributed by atoms with Crippen molar-refractivity contribution in [3.05, 3.63) is 6.92 Å². The molecule has 0 amide bonds. The van der Waals surface area contributed by atoms with Crippen molar-refractivity contribution in [2.75, 3.05) is 5.75 Å². The van der Waals surface area contributed by atoms with Crippen LogP contribution in [0.2, 0.25) is 0 Å². The van der Waals surface area contributed by atoms with Crippen LogP contribution in [0.3, 0.4) is 0 Å². The molecule has 5 heavy (non-hydrogen) atoms. The number of hydrogen-bond donors (Lipinski definition) is 1. The Hall–Kier alpha value is 0.180. The van der Waals surface area contributed by atoms with E-state index in [1.54, 1.807) is 0 Å². The van der Waals surface area contributed by atoms with Gasteiger partial charge < -0.3 is 4.55 Å². The van der Waals surface area contributed by atoms with Gasteiger partial charge in [-0.3, -0.25) is 0 Å². The van der Waals surface area contributed by atoms with Gasteiger partial charge in [-0.05, 0) is 12.0 Å². The minimum atomic E-state index is 0.750. The molecule has 0 bridgehead atoms. The van der Waals surface area contributed by atoms with Crippen molar-refractivity contribution in [1.29, 1.82) is 0 Å². The molecule has 0 aromatic rings. The first-order valence-electron chi connectivity index (χ1n) is 1.47. The van der Waals surface area contributed by atoms with Gasteiger partial charge in [0.15, 0.2) is 0 Å². The summed E-state index contributed by atoms with van der Waals surface area (Å²) in [5, 5.41) is 0. The molecule has 0 atom stereocenters. The van der Waals surface area contributed by atoms with E-state index in [4.69, 9.17) is 4.55 Å². The van der Waals surface area contributed by atoms with E-state index in [-0.39, 0.29) is 0 Å². The first-order valence-corrected chi connectivity index (χ1v) is 2.41. The molecule has 0 heterocycles. The average Bonchev–Trinajstić information content (AvgIpc) is 1.41. The Balaban J connectivity index is 2.19. The Morgan fingerprint density at radius 3 is 2.40 bits per heavy atom. The third kappa shape index (κ3) is 4.18. The molecule has 0 aliphatic carbocycles. The van der Waals surface area contributed by atoms with Crippen LogP contribution < -0.4 is 0 Å². The van der Waals surface area contributed by atoms with Gasteiger partial charge in [-0.2, -0.15) is 0 Å². The second-order valence-corrected chi connectivity index (χ2v) is 1.35. The lowest BCUT2D eigenvalue weighted by Crippen LogP contribution is -1.66. The standard InChI is InChI=1S/C3H6OS/c1-2-3-5-4/h1-3H2/p+1. The normalized spacial score (nSPS) is 8.20. The molecule has 1 N–H and O–H groups in total. The van der Waals surface area contributed by atoms with Crippen molar-refractivity contribution in [1.82, 2.24) is 0 Å². The quantitative estimate of drug-likeness (QED) is 0.409. The second-order valence-electron chi connectivity index (χ2n) is 0.687. The van der Waals surface area contributed by atoms with Crippen LogP contribution >= 0.6 is 12.0 Å². The van der Waals surface area contributed by atoms with Gasteiger partial charge in [0.05, 0.1) is 19.1 Å². The monoisotopic (exact) mass is 91.0 g/mol. The molecule has 0 radical (unpaired) electrons. The summed E-state index contributed by atoms with van der Waals surface area (Å²) in [6.07, 6.45) is 0.807. The Bertz CT molecular complexity index is 14.4. The Labute approximate surface area is 36.6 Å². The van der Waals surface area contributed by atoms with E-state index in [2.05, 4.69) is 6.92 Å². The molecule has 0 rings (SSSR count). The molecular weight excluding hydrogens is 84.1 g/mol. The molecule has 0 aliphatic rings. The smallest absolute Gasteiger partial charge is 0.0963 e. The molecule has 1 nitrogen and oxygen atoms in total. The lowest BCUT2D eigenvalue weighted by atomic mass is 10.6. The highest BCUT2D eigenvalue weighted by molar-refractivity contribution is 7.93. The van der Waals surface area contributed by atoms with Crippen LogP contribution in [-0.2, 0) is 0 Å². The summed E-state index contributed by atoms with van der Waals surface area (Å²) < 4.78 is 7.94. The van der Waals surface area contributed by atoms with Gasteiger partial charge in [0.1, 0.15) is 0 Å². The largest absolute Gasteiger partial charge is 0.330 e. The third-order valence-corrected chi connectivity index (χ3v) is 0.707. The summed E-state index contributed by atoms with van der Waals surface area (Å²) >= 11 is 0.839. The fourth-order valence-electron chi connectivity index (χ4n) is 0.0645. The fraction of sp³-hybridized carbons (Fsp3) is 0.667. The van der Waals surface area contributed by atoms with Crippen LogP contribution in [0.1, 0.15) is 6.42 Å². The van der Waals surface area contributed by atoms with E-state index in [0.29, 0.717) is 0 Å². The van der Waals surface area contributed by atoms with Gasteiger partial charge in [-0.1, -0.05) is 0 Å². The minimum Gasteiger partial charge on any atom is -0.330 e. The van der Waals surface area contributed by atoms with Crippen LogP contribution in [0.15, 0.2) is 0 Å². The molecule has 0 spiro atoms. The van der Waals surface area contributed by atoms with E-state index in [1.165, 1.54) is 0 Å². The molecule has 0 saturated carbocycles. The zero-order chi connectivity index (χ0) is 4.12. The molecule has 0 aliphatic heterocycles. The molecule has 0 aromatic heterocycles. The lowest BCUT2D eigenvalue weighted by Gasteiger charge is -1.73. The maximum absolute atomic E-state index is 7.94. The topological polar surface area (TPSA) is 20.2 Å². The Morgan fingerprint density at radius 1 is 1.80 bits per heavy atom. The minimum absolute atomic E-state index is 0.750. The number of hydrogen-bond acceptors (Lipinski definition) is 2. The van der Waals surface area contributed by atoms with Crippen LogP contribution in [-0.4, -0.2) is 10.3 Å². The van der Waals surface area contributed by atoms with Crippen LogP contribution in [0.5, 0.6) is 0 Å². The van der Waals surface area contributed by atoms with Gasteiger partial charge in [-0.15, -0.1) is 0 Å². The summed E-state index contributed by atoms with van der Waals surface area (Å²) in [4.78, 5) is 0. The molecule has 0 unspecified atom stereocenters. The summed E-state index contributed by atoms with van der Waals surface area (Å²) in [5.41, 5.74) is 0. The van der Waals surface area contributed by atoms with Crippen molar-refractivity contribution in [3.63, 3.8) is 0 Å². The zero-order valence-corrected chi connectivity index (χ0v) is 3.79. The van der Waals surface area contributed by atoms with Crippen molar-refractivity contribution >= 4 is 12.0 Å². The van der Waals surface area contributed by atoms with Gasteiger partial charge in [0.2, 0.25) is 0 Å². The fourth-order valence-corrected chi connectivity index (χ4v) is 0.194. The van der Waals surface area contributed by atoms with E-state index in [9.17, 15) is 0 Å². The first-order chi connectivity index (χ1) is 2.41. The predicted octanol–water partition coefficient (Wildman–Crippen LogP) is 1.42. The molecule has 30 valence electrons. The summed E-state index contributed by atoms with van der Waals surface area (Å²) in [5.74, 6) is 0.750. The van der Waals surface area contributed by atoms with E-state index in [0.717, 1.165) is 24.2 Å². The second kappa shape index (κ2) is 4.18. The molecular formula is C3H7OS+. The SMILES string of the molecule is [CH2+]CCSO. The van der Waals surface area contributed by atoms with E-state index >= 15 is 0 Å². The predicted molar refractivity (Wildman–Crippen MR) is 25.1 cm³/mol. The van der Waals surface area contributed by atoms with Gasteiger partial charge in [-0.25, -0.2) is 0 Å². The Morgan fingerprint density at radius 2 is 2.40 bits per heavy atom. The van der Waals surface area contributed by atoms with Crippen molar-refractivity contribution < 1.29 is 4.55 Å². The molecule has 2 heteroatoms. The molecule has 0 saturated heterocycles. The van der Waals surface area contributed by atoms with Crippen LogP contribution in [0.25, 0.3) is 0 Å². The van der Waals surface area contributed by atoms with Gasteiger partial charge in [0, 0.05) is 0 Å².